The zero-order valence-electron chi connectivity index (χ0n) is 33.3. The first kappa shape index (κ1) is 35.4. The number of aromatic nitrogens is 7. The van der Waals surface area contributed by atoms with Crippen molar-refractivity contribution in [2.45, 2.75) is 0 Å². The molecule has 0 saturated heterocycles. The van der Waals surface area contributed by atoms with Crippen LogP contribution in [0.3, 0.4) is 0 Å². The summed E-state index contributed by atoms with van der Waals surface area (Å²) in [6.45, 7) is 0. The Hall–Kier alpha value is -8.55. The summed E-state index contributed by atoms with van der Waals surface area (Å²) in [6, 6.07) is 65.8. The van der Waals surface area contributed by atoms with Gasteiger partial charge in [0.05, 0.1) is 45.8 Å². The molecule has 0 atom stereocenters. The molecular formula is C55H35N7. The molecule has 0 aliphatic heterocycles. The van der Waals surface area contributed by atoms with Gasteiger partial charge in [-0.2, -0.15) is 0 Å². The molecule has 290 valence electrons. The van der Waals surface area contributed by atoms with Crippen molar-refractivity contribution < 1.29 is 0 Å². The van der Waals surface area contributed by atoms with Gasteiger partial charge >= 0.3 is 0 Å². The van der Waals surface area contributed by atoms with Gasteiger partial charge in [-0.15, -0.1) is 0 Å². The molecule has 5 heterocycles. The predicted octanol–water partition coefficient (Wildman–Crippen LogP) is 13.2. The van der Waals surface area contributed by atoms with Crippen LogP contribution in [-0.4, -0.2) is 34.1 Å². The van der Waals surface area contributed by atoms with E-state index >= 15 is 0 Å². The van der Waals surface area contributed by atoms with Crippen LogP contribution in [0.1, 0.15) is 0 Å². The molecular weight excluding hydrogens is 759 g/mol. The van der Waals surface area contributed by atoms with Gasteiger partial charge in [-0.25, -0.2) is 15.0 Å². The molecule has 0 unspecified atom stereocenters. The highest BCUT2D eigenvalue weighted by Crippen LogP contribution is 2.39. The Labute approximate surface area is 356 Å². The highest BCUT2D eigenvalue weighted by atomic mass is 15.0. The third-order valence-corrected chi connectivity index (χ3v) is 11.7. The van der Waals surface area contributed by atoms with Crippen molar-refractivity contribution in [2.24, 2.45) is 0 Å². The van der Waals surface area contributed by atoms with Gasteiger partial charge in [-0.05, 0) is 107 Å². The maximum atomic E-state index is 5.28. The van der Waals surface area contributed by atoms with Gasteiger partial charge in [0.2, 0.25) is 0 Å². The van der Waals surface area contributed by atoms with Crippen LogP contribution in [0.2, 0.25) is 0 Å². The number of pyridine rings is 2. The standard InChI is InChI=1S/C55H35N7/c1-4-12-36(13-5-1)39-20-24-49-45(30-39)47-32-41(22-26-51(47)61(49)43-18-10-28-56-34-43)54-58-53(38-16-8-3-9-17-38)59-55(60-54)42-23-27-52-48(33-42)46-31-40(37-14-6-2-7-15-37)21-25-50(46)62(52)44-19-11-29-57-35-44/h1-35H. The minimum atomic E-state index is 0.599. The summed E-state index contributed by atoms with van der Waals surface area (Å²) < 4.78 is 4.57. The number of fused-ring (bicyclic) bond motifs is 6. The molecule has 0 spiro atoms. The fourth-order valence-electron chi connectivity index (χ4n) is 8.82. The van der Waals surface area contributed by atoms with Crippen molar-refractivity contribution in [1.82, 2.24) is 34.1 Å². The van der Waals surface area contributed by atoms with Crippen molar-refractivity contribution in [3.05, 3.63) is 213 Å². The van der Waals surface area contributed by atoms with E-state index in [4.69, 9.17) is 15.0 Å². The molecule has 0 bridgehead atoms. The quantitative estimate of drug-likeness (QED) is 0.161. The molecule has 0 radical (unpaired) electrons. The van der Waals surface area contributed by atoms with Crippen LogP contribution in [0, 0.1) is 0 Å². The lowest BCUT2D eigenvalue weighted by Crippen LogP contribution is -2.00. The van der Waals surface area contributed by atoms with Crippen LogP contribution in [0.25, 0.3) is 111 Å². The second-order valence-corrected chi connectivity index (χ2v) is 15.4. The van der Waals surface area contributed by atoms with Gasteiger partial charge in [0.1, 0.15) is 0 Å². The molecule has 62 heavy (non-hydrogen) atoms. The number of benzene rings is 7. The lowest BCUT2D eigenvalue weighted by atomic mass is 10.0. The minimum Gasteiger partial charge on any atom is -0.308 e. The maximum absolute atomic E-state index is 5.28. The average Bonchev–Trinajstić information content (AvgIpc) is 3.86. The smallest absolute Gasteiger partial charge is 0.164 e. The van der Waals surface area contributed by atoms with Crippen molar-refractivity contribution in [2.75, 3.05) is 0 Å². The fraction of sp³-hybridized carbons (Fsp3) is 0. The summed E-state index contributed by atoms with van der Waals surface area (Å²) in [5.41, 5.74) is 13.7. The SMILES string of the molecule is c1ccc(-c2ccc3c(c2)c2cc(-c4nc(-c5ccccc5)nc(-c5ccc6c(c5)c5cc(-c7ccccc7)ccc5n6-c5cccnc5)n4)ccc2n3-c2cccnc2)cc1. The first-order valence-corrected chi connectivity index (χ1v) is 20.6. The molecule has 0 amide bonds. The van der Waals surface area contributed by atoms with Gasteiger partial charge in [0, 0.05) is 50.6 Å². The highest BCUT2D eigenvalue weighted by molar-refractivity contribution is 6.13. The molecule has 7 nitrogen and oxygen atoms in total. The topological polar surface area (TPSA) is 74.3 Å². The minimum absolute atomic E-state index is 0.599. The largest absolute Gasteiger partial charge is 0.308 e. The van der Waals surface area contributed by atoms with E-state index in [1.54, 1.807) is 0 Å². The van der Waals surface area contributed by atoms with E-state index in [2.05, 4.69) is 177 Å². The van der Waals surface area contributed by atoms with Crippen molar-refractivity contribution in [1.29, 1.82) is 0 Å². The Kier molecular flexibility index (Phi) is 8.35. The predicted molar refractivity (Wildman–Crippen MR) is 251 cm³/mol. The second kappa shape index (κ2) is 14.6. The third-order valence-electron chi connectivity index (χ3n) is 11.7. The van der Waals surface area contributed by atoms with Gasteiger partial charge < -0.3 is 9.13 Å². The zero-order valence-corrected chi connectivity index (χ0v) is 33.3. The zero-order chi connectivity index (χ0) is 41.0. The Bertz CT molecular complexity index is 3380. The average molecular weight is 794 g/mol. The van der Waals surface area contributed by atoms with Gasteiger partial charge in [0.25, 0.3) is 0 Å². The molecule has 0 aliphatic carbocycles. The second-order valence-electron chi connectivity index (χ2n) is 15.4. The monoisotopic (exact) mass is 793 g/mol. The lowest BCUT2D eigenvalue weighted by molar-refractivity contribution is 1.07. The van der Waals surface area contributed by atoms with Crippen molar-refractivity contribution >= 4 is 43.6 Å². The first-order chi connectivity index (χ1) is 30.7. The van der Waals surface area contributed by atoms with E-state index in [0.29, 0.717) is 17.5 Å². The summed E-state index contributed by atoms with van der Waals surface area (Å²) in [6.07, 6.45) is 7.44. The number of nitrogens with zero attached hydrogens (tertiary/aromatic N) is 7. The maximum Gasteiger partial charge on any atom is 0.164 e. The summed E-state index contributed by atoms with van der Waals surface area (Å²) in [5.74, 6) is 1.81. The molecule has 0 saturated carbocycles. The molecule has 12 rings (SSSR count). The lowest BCUT2D eigenvalue weighted by Gasteiger charge is -2.10. The summed E-state index contributed by atoms with van der Waals surface area (Å²) in [7, 11) is 0. The summed E-state index contributed by atoms with van der Waals surface area (Å²) in [4.78, 5) is 24.6. The van der Waals surface area contributed by atoms with E-state index in [1.165, 1.54) is 11.1 Å². The molecule has 0 fully saturated rings. The van der Waals surface area contributed by atoms with Crippen LogP contribution in [0.4, 0.5) is 0 Å². The number of hydrogen-bond donors (Lipinski definition) is 0. The van der Waals surface area contributed by atoms with Crippen molar-refractivity contribution in [3.63, 3.8) is 0 Å². The fourth-order valence-corrected chi connectivity index (χ4v) is 8.82. The van der Waals surface area contributed by atoms with Gasteiger partial charge in [0.15, 0.2) is 17.5 Å². The van der Waals surface area contributed by atoms with E-state index in [1.807, 2.05) is 55.1 Å². The molecule has 0 N–H and O–H groups in total. The normalized spacial score (nSPS) is 11.5. The van der Waals surface area contributed by atoms with Crippen LogP contribution in [-0.2, 0) is 0 Å². The molecule has 5 aromatic heterocycles. The first-order valence-electron chi connectivity index (χ1n) is 20.6. The Morgan fingerprint density at radius 3 is 0.984 bits per heavy atom. The van der Waals surface area contributed by atoms with Gasteiger partial charge in [-0.1, -0.05) is 103 Å². The number of hydrogen-bond acceptors (Lipinski definition) is 5. The number of rotatable bonds is 7. The summed E-state index contributed by atoms with van der Waals surface area (Å²) in [5, 5.41) is 4.47. The van der Waals surface area contributed by atoms with Crippen LogP contribution >= 0.6 is 0 Å². The Morgan fingerprint density at radius 1 is 0.274 bits per heavy atom. The van der Waals surface area contributed by atoms with Crippen molar-refractivity contribution in [3.8, 4) is 67.8 Å². The Morgan fingerprint density at radius 2 is 0.613 bits per heavy atom. The van der Waals surface area contributed by atoms with Crippen LogP contribution in [0.15, 0.2) is 213 Å². The van der Waals surface area contributed by atoms with E-state index < -0.39 is 0 Å². The van der Waals surface area contributed by atoms with E-state index in [-0.39, 0.29) is 0 Å². The molecule has 12 aromatic rings. The van der Waals surface area contributed by atoms with Gasteiger partial charge in [-0.3, -0.25) is 9.97 Å². The van der Waals surface area contributed by atoms with Crippen LogP contribution in [0.5, 0.6) is 0 Å². The van der Waals surface area contributed by atoms with Crippen LogP contribution < -0.4 is 0 Å². The van der Waals surface area contributed by atoms with E-state index in [0.717, 1.165) is 82.8 Å². The highest BCUT2D eigenvalue weighted by Gasteiger charge is 2.20. The molecule has 7 heteroatoms. The molecule has 7 aromatic carbocycles. The Balaban J connectivity index is 1.07. The summed E-state index contributed by atoms with van der Waals surface area (Å²) >= 11 is 0. The molecule has 0 aliphatic rings. The van der Waals surface area contributed by atoms with E-state index in [9.17, 15) is 0 Å². The third kappa shape index (κ3) is 6.02.